The molecule has 1 aliphatic heterocycles. The average molecular weight is 298 g/mol. The summed E-state index contributed by atoms with van der Waals surface area (Å²) in [6.45, 7) is 2.03. The Morgan fingerprint density at radius 1 is 1.30 bits per heavy atom. The minimum atomic E-state index is -3.52. The lowest BCUT2D eigenvalue weighted by atomic mass is 10.1. The number of nitrogen functional groups attached to an aromatic ring is 1. The molecular formula is C13H22N4O2S. The van der Waals surface area contributed by atoms with E-state index in [4.69, 9.17) is 5.73 Å². The molecule has 0 saturated carbocycles. The van der Waals surface area contributed by atoms with E-state index in [0.29, 0.717) is 17.4 Å². The molecule has 20 heavy (non-hydrogen) atoms. The van der Waals surface area contributed by atoms with E-state index in [-0.39, 0.29) is 4.90 Å². The molecule has 0 radical (unpaired) electrons. The Bertz CT molecular complexity index is 566. The first-order chi connectivity index (χ1) is 9.42. The van der Waals surface area contributed by atoms with Gasteiger partial charge >= 0.3 is 0 Å². The fraction of sp³-hybridized carbons (Fsp3) is 0.538. The quantitative estimate of drug-likeness (QED) is 0.712. The summed E-state index contributed by atoms with van der Waals surface area (Å²) < 4.78 is 26.4. The van der Waals surface area contributed by atoms with Gasteiger partial charge in [-0.25, -0.2) is 13.1 Å². The van der Waals surface area contributed by atoms with Crippen molar-refractivity contribution in [2.45, 2.75) is 23.8 Å². The van der Waals surface area contributed by atoms with Crippen LogP contribution in [0.1, 0.15) is 12.8 Å². The van der Waals surface area contributed by atoms with Crippen LogP contribution in [-0.2, 0) is 10.0 Å². The van der Waals surface area contributed by atoms with Crippen molar-refractivity contribution < 1.29 is 8.42 Å². The second kappa shape index (κ2) is 5.99. The van der Waals surface area contributed by atoms with Crippen LogP contribution in [0.25, 0.3) is 0 Å². The van der Waals surface area contributed by atoms with Crippen LogP contribution in [0.4, 0.5) is 11.4 Å². The predicted octanol–water partition coefficient (Wildman–Crippen LogP) is 0.683. The largest absolute Gasteiger partial charge is 0.399 e. The van der Waals surface area contributed by atoms with Gasteiger partial charge in [-0.15, -0.1) is 0 Å². The third kappa shape index (κ3) is 3.41. The van der Waals surface area contributed by atoms with E-state index in [1.165, 1.54) is 13.1 Å². The monoisotopic (exact) mass is 298 g/mol. The van der Waals surface area contributed by atoms with Crippen molar-refractivity contribution in [1.29, 1.82) is 0 Å². The molecule has 0 aliphatic carbocycles. The molecule has 1 heterocycles. The number of benzene rings is 1. The highest BCUT2D eigenvalue weighted by Crippen LogP contribution is 2.26. The van der Waals surface area contributed by atoms with Gasteiger partial charge in [-0.1, -0.05) is 0 Å². The van der Waals surface area contributed by atoms with Crippen LogP contribution < -0.4 is 15.8 Å². The maximum Gasteiger partial charge on any atom is 0.242 e. The molecule has 7 heteroatoms. The Morgan fingerprint density at radius 3 is 2.55 bits per heavy atom. The summed E-state index contributed by atoms with van der Waals surface area (Å²) in [6, 6.07) is 5.23. The highest BCUT2D eigenvalue weighted by molar-refractivity contribution is 7.89. The number of piperidine rings is 1. The van der Waals surface area contributed by atoms with Crippen molar-refractivity contribution in [2.24, 2.45) is 0 Å². The zero-order valence-corrected chi connectivity index (χ0v) is 12.7. The van der Waals surface area contributed by atoms with Gasteiger partial charge < -0.3 is 16.0 Å². The van der Waals surface area contributed by atoms with Crippen molar-refractivity contribution in [3.8, 4) is 0 Å². The lowest BCUT2D eigenvalue weighted by Crippen LogP contribution is -2.37. The van der Waals surface area contributed by atoms with E-state index in [2.05, 4.69) is 22.0 Å². The Kier molecular flexibility index (Phi) is 4.52. The van der Waals surface area contributed by atoms with Crippen LogP contribution >= 0.6 is 0 Å². The first kappa shape index (κ1) is 15.1. The first-order valence-electron chi connectivity index (χ1n) is 6.70. The van der Waals surface area contributed by atoms with E-state index >= 15 is 0 Å². The molecule has 0 amide bonds. The lowest BCUT2D eigenvalue weighted by Gasteiger charge is -2.30. The number of rotatable bonds is 4. The fourth-order valence-corrected chi connectivity index (χ4v) is 3.29. The van der Waals surface area contributed by atoms with Gasteiger partial charge in [0.25, 0.3) is 0 Å². The van der Waals surface area contributed by atoms with Crippen LogP contribution in [0.3, 0.4) is 0 Å². The molecule has 4 N–H and O–H groups in total. The van der Waals surface area contributed by atoms with Gasteiger partial charge in [0.1, 0.15) is 4.90 Å². The molecule has 1 aromatic rings. The summed E-state index contributed by atoms with van der Waals surface area (Å²) >= 11 is 0. The summed E-state index contributed by atoms with van der Waals surface area (Å²) in [5.41, 5.74) is 6.76. The van der Waals surface area contributed by atoms with Gasteiger partial charge in [0.05, 0.1) is 5.69 Å². The van der Waals surface area contributed by atoms with Crippen molar-refractivity contribution in [1.82, 2.24) is 9.62 Å². The number of likely N-dealkylation sites (tertiary alicyclic amines) is 1. The number of hydrogen-bond donors (Lipinski definition) is 3. The number of nitrogens with one attached hydrogen (secondary N) is 2. The molecule has 6 nitrogen and oxygen atoms in total. The van der Waals surface area contributed by atoms with E-state index in [9.17, 15) is 8.42 Å². The van der Waals surface area contributed by atoms with Gasteiger partial charge in [-0.05, 0) is 58.2 Å². The Hall–Kier alpha value is -1.31. The number of sulfonamides is 1. The summed E-state index contributed by atoms with van der Waals surface area (Å²) in [6.07, 6.45) is 2.00. The van der Waals surface area contributed by atoms with Gasteiger partial charge in [0.2, 0.25) is 10.0 Å². The molecule has 0 bridgehead atoms. The third-order valence-corrected chi connectivity index (χ3v) is 5.10. The third-order valence-electron chi connectivity index (χ3n) is 3.64. The van der Waals surface area contributed by atoms with E-state index in [1.54, 1.807) is 12.1 Å². The maximum atomic E-state index is 12.1. The topological polar surface area (TPSA) is 87.5 Å². The maximum absolute atomic E-state index is 12.1. The van der Waals surface area contributed by atoms with Crippen molar-refractivity contribution in [3.63, 3.8) is 0 Å². The fourth-order valence-electron chi connectivity index (χ4n) is 2.36. The Balaban J connectivity index is 2.23. The van der Waals surface area contributed by atoms with Gasteiger partial charge in [0, 0.05) is 11.7 Å². The molecule has 2 rings (SSSR count). The lowest BCUT2D eigenvalue weighted by molar-refractivity contribution is 0.264. The summed E-state index contributed by atoms with van der Waals surface area (Å²) in [5.74, 6) is 0. The van der Waals surface area contributed by atoms with Crippen LogP contribution in [0, 0.1) is 0 Å². The zero-order valence-electron chi connectivity index (χ0n) is 11.9. The molecule has 0 atom stereocenters. The number of hydrogen-bond acceptors (Lipinski definition) is 5. The summed E-state index contributed by atoms with van der Waals surface area (Å²) in [5, 5.41) is 3.34. The molecule has 1 saturated heterocycles. The minimum absolute atomic E-state index is 0.207. The normalized spacial score (nSPS) is 18.1. The van der Waals surface area contributed by atoms with Gasteiger partial charge in [0.15, 0.2) is 0 Å². The van der Waals surface area contributed by atoms with Crippen LogP contribution in [0.15, 0.2) is 23.1 Å². The van der Waals surface area contributed by atoms with Crippen LogP contribution in [0.2, 0.25) is 0 Å². The Labute approximate surface area is 120 Å². The molecule has 1 aromatic carbocycles. The van der Waals surface area contributed by atoms with Crippen LogP contribution in [-0.4, -0.2) is 46.5 Å². The van der Waals surface area contributed by atoms with Crippen molar-refractivity contribution >= 4 is 21.4 Å². The number of nitrogens with zero attached hydrogens (tertiary/aromatic N) is 1. The molecule has 1 aliphatic rings. The Morgan fingerprint density at radius 2 is 1.95 bits per heavy atom. The van der Waals surface area contributed by atoms with Crippen molar-refractivity contribution in [2.75, 3.05) is 38.2 Å². The second-order valence-corrected chi connectivity index (χ2v) is 7.04. The van der Waals surface area contributed by atoms with E-state index in [0.717, 1.165) is 25.9 Å². The second-order valence-electron chi connectivity index (χ2n) is 5.19. The highest BCUT2D eigenvalue weighted by Gasteiger charge is 2.21. The van der Waals surface area contributed by atoms with Gasteiger partial charge in [-0.2, -0.15) is 0 Å². The van der Waals surface area contributed by atoms with E-state index in [1.807, 2.05) is 0 Å². The van der Waals surface area contributed by atoms with Gasteiger partial charge in [-0.3, -0.25) is 0 Å². The zero-order chi connectivity index (χ0) is 14.8. The molecule has 0 unspecified atom stereocenters. The standard InChI is InChI=1S/C13H22N4O2S/c1-15-20(18,19)13-9-10(14)3-4-12(13)16-11-5-7-17(2)8-6-11/h3-4,9,11,15-16H,5-8,14H2,1-2H3. The molecule has 112 valence electrons. The van der Waals surface area contributed by atoms with E-state index < -0.39 is 10.0 Å². The summed E-state index contributed by atoms with van der Waals surface area (Å²) in [7, 11) is -0.0216. The summed E-state index contributed by atoms with van der Waals surface area (Å²) in [4.78, 5) is 2.48. The SMILES string of the molecule is CNS(=O)(=O)c1cc(N)ccc1NC1CCN(C)CC1. The molecule has 0 spiro atoms. The minimum Gasteiger partial charge on any atom is -0.399 e. The van der Waals surface area contributed by atoms with Crippen molar-refractivity contribution in [3.05, 3.63) is 18.2 Å². The molecule has 1 fully saturated rings. The highest BCUT2D eigenvalue weighted by atomic mass is 32.2. The number of anilines is 2. The predicted molar refractivity (Wildman–Crippen MR) is 81.2 cm³/mol. The molecular weight excluding hydrogens is 276 g/mol. The smallest absolute Gasteiger partial charge is 0.242 e. The molecule has 0 aromatic heterocycles. The number of nitrogens with two attached hydrogens (primary N) is 1. The van der Waals surface area contributed by atoms with Crippen LogP contribution in [0.5, 0.6) is 0 Å². The first-order valence-corrected chi connectivity index (χ1v) is 8.19. The average Bonchev–Trinajstić information content (AvgIpc) is 2.43.